The highest BCUT2D eigenvalue weighted by molar-refractivity contribution is 9.10. The Balaban J connectivity index is 2.57. The average molecular weight is 503 g/mol. The van der Waals surface area contributed by atoms with Gasteiger partial charge in [0.25, 0.3) is 0 Å². The van der Waals surface area contributed by atoms with Crippen molar-refractivity contribution in [1.82, 2.24) is 4.31 Å². The van der Waals surface area contributed by atoms with Crippen molar-refractivity contribution in [1.29, 1.82) is 0 Å². The van der Waals surface area contributed by atoms with E-state index < -0.39 is 22.0 Å². The molecule has 0 spiro atoms. The van der Waals surface area contributed by atoms with Crippen LogP contribution in [0.4, 0.5) is 0 Å². The van der Waals surface area contributed by atoms with Crippen LogP contribution in [0.3, 0.4) is 0 Å². The Morgan fingerprint density at radius 2 is 1.76 bits per heavy atom. The maximum absolute atomic E-state index is 13.6. The summed E-state index contributed by atoms with van der Waals surface area (Å²) in [5.74, 6) is -0.479. The molecular weight excluding hydrogens is 478 g/mol. The number of sulfonamides is 1. The van der Waals surface area contributed by atoms with Crippen LogP contribution in [0.5, 0.6) is 0 Å². The van der Waals surface area contributed by atoms with Crippen molar-refractivity contribution in [3.63, 3.8) is 0 Å². The first kappa shape index (κ1) is 23.9. The van der Waals surface area contributed by atoms with Gasteiger partial charge in [-0.3, -0.25) is 4.79 Å². The first-order chi connectivity index (χ1) is 13.7. The molecule has 1 unspecified atom stereocenters. The summed E-state index contributed by atoms with van der Waals surface area (Å²) in [6, 6.07) is 12.4. The Hall–Kier alpha value is -1.41. The average Bonchev–Trinajstić information content (AvgIpc) is 2.66. The third-order valence-electron chi connectivity index (χ3n) is 4.31. The predicted octanol–water partition coefficient (Wildman–Crippen LogP) is 5.27. The van der Waals surface area contributed by atoms with E-state index in [0.717, 1.165) is 4.47 Å². The van der Waals surface area contributed by atoms with Crippen LogP contribution < -0.4 is 0 Å². The molecule has 0 bridgehead atoms. The molecule has 0 aliphatic rings. The topological polar surface area (TPSA) is 63.7 Å². The van der Waals surface area contributed by atoms with Crippen LogP contribution in [0.15, 0.2) is 57.9 Å². The number of halogens is 2. The number of esters is 1. The number of carbonyl (C=O) groups excluding carboxylic acids is 1. The number of hydrogen-bond donors (Lipinski definition) is 0. The first-order valence-electron chi connectivity index (χ1n) is 9.34. The second-order valence-electron chi connectivity index (χ2n) is 6.99. The number of ether oxygens (including phenoxy) is 1. The standard InChI is InChI=1S/C21H25BrClNO4S/c1-4-28-21(25)20(13-15(2)3)24(14-16-7-5-6-8-19(16)23)29(26,27)18-11-9-17(22)10-12-18/h5-12,15,20H,4,13-14H2,1-3H3. The molecule has 2 rings (SSSR count). The Morgan fingerprint density at radius 3 is 2.31 bits per heavy atom. The lowest BCUT2D eigenvalue weighted by molar-refractivity contribution is -0.148. The maximum Gasteiger partial charge on any atom is 0.324 e. The van der Waals surface area contributed by atoms with E-state index in [4.69, 9.17) is 16.3 Å². The van der Waals surface area contributed by atoms with Crippen molar-refractivity contribution < 1.29 is 17.9 Å². The molecule has 2 aromatic rings. The Labute approximate surface area is 186 Å². The molecule has 0 N–H and O–H groups in total. The second kappa shape index (κ2) is 10.6. The van der Waals surface area contributed by atoms with Crippen LogP contribution in [0, 0.1) is 5.92 Å². The molecule has 2 aromatic carbocycles. The van der Waals surface area contributed by atoms with Crippen molar-refractivity contribution in [2.75, 3.05) is 6.61 Å². The van der Waals surface area contributed by atoms with E-state index in [9.17, 15) is 13.2 Å². The van der Waals surface area contributed by atoms with Crippen molar-refractivity contribution >= 4 is 43.5 Å². The highest BCUT2D eigenvalue weighted by Crippen LogP contribution is 2.28. The fraction of sp³-hybridized carbons (Fsp3) is 0.381. The molecule has 5 nitrogen and oxygen atoms in total. The minimum atomic E-state index is -3.99. The van der Waals surface area contributed by atoms with Crippen LogP contribution in [0.2, 0.25) is 5.02 Å². The highest BCUT2D eigenvalue weighted by atomic mass is 79.9. The van der Waals surface area contributed by atoms with Crippen LogP contribution in [-0.4, -0.2) is 31.3 Å². The van der Waals surface area contributed by atoms with Gasteiger partial charge in [0.15, 0.2) is 0 Å². The van der Waals surface area contributed by atoms with Gasteiger partial charge in [0.1, 0.15) is 6.04 Å². The highest BCUT2D eigenvalue weighted by Gasteiger charge is 2.37. The second-order valence-corrected chi connectivity index (χ2v) is 10.2. The monoisotopic (exact) mass is 501 g/mol. The lowest BCUT2D eigenvalue weighted by Crippen LogP contribution is -2.46. The molecule has 0 aromatic heterocycles. The van der Waals surface area contributed by atoms with Crippen molar-refractivity contribution in [3.8, 4) is 0 Å². The Kier molecular flexibility index (Phi) is 8.70. The van der Waals surface area contributed by atoms with E-state index in [2.05, 4.69) is 15.9 Å². The van der Waals surface area contributed by atoms with Gasteiger partial charge in [0, 0.05) is 16.0 Å². The van der Waals surface area contributed by atoms with Crippen LogP contribution >= 0.6 is 27.5 Å². The normalized spacial score (nSPS) is 12.9. The molecule has 0 saturated heterocycles. The smallest absolute Gasteiger partial charge is 0.324 e. The summed E-state index contributed by atoms with van der Waals surface area (Å²) in [4.78, 5) is 12.9. The van der Waals surface area contributed by atoms with Crippen molar-refractivity contribution in [2.24, 2.45) is 5.92 Å². The molecule has 0 heterocycles. The van der Waals surface area contributed by atoms with Gasteiger partial charge in [0.05, 0.1) is 11.5 Å². The largest absolute Gasteiger partial charge is 0.465 e. The van der Waals surface area contributed by atoms with Gasteiger partial charge in [-0.05, 0) is 55.2 Å². The summed E-state index contributed by atoms with van der Waals surface area (Å²) >= 11 is 9.61. The molecule has 8 heteroatoms. The lowest BCUT2D eigenvalue weighted by Gasteiger charge is -2.31. The van der Waals surface area contributed by atoms with E-state index in [1.54, 1.807) is 43.3 Å². The molecule has 29 heavy (non-hydrogen) atoms. The molecule has 0 aliphatic heterocycles. The fourth-order valence-electron chi connectivity index (χ4n) is 2.92. The molecule has 158 valence electrons. The molecule has 0 fully saturated rings. The molecule has 1 atom stereocenters. The Morgan fingerprint density at radius 1 is 1.14 bits per heavy atom. The van der Waals surface area contributed by atoms with Crippen LogP contribution in [-0.2, 0) is 26.1 Å². The summed E-state index contributed by atoms with van der Waals surface area (Å²) in [7, 11) is -3.99. The Bertz CT molecular complexity index is 932. The predicted molar refractivity (Wildman–Crippen MR) is 118 cm³/mol. The summed E-state index contributed by atoms with van der Waals surface area (Å²) < 4.78 is 34.3. The zero-order valence-electron chi connectivity index (χ0n) is 16.6. The maximum atomic E-state index is 13.6. The van der Waals surface area contributed by atoms with Gasteiger partial charge in [-0.25, -0.2) is 8.42 Å². The SMILES string of the molecule is CCOC(=O)C(CC(C)C)N(Cc1ccccc1Cl)S(=O)(=O)c1ccc(Br)cc1. The number of hydrogen-bond acceptors (Lipinski definition) is 4. The first-order valence-corrected chi connectivity index (χ1v) is 11.9. The van der Waals surface area contributed by atoms with Crippen LogP contribution in [0.25, 0.3) is 0 Å². The molecule has 0 radical (unpaired) electrons. The van der Waals surface area contributed by atoms with E-state index in [1.807, 2.05) is 13.8 Å². The van der Waals surface area contributed by atoms with Gasteiger partial charge >= 0.3 is 5.97 Å². The molecular formula is C21H25BrClNO4S. The number of nitrogens with zero attached hydrogens (tertiary/aromatic N) is 1. The minimum Gasteiger partial charge on any atom is -0.465 e. The zero-order valence-corrected chi connectivity index (χ0v) is 19.8. The van der Waals surface area contributed by atoms with E-state index in [1.165, 1.54) is 16.4 Å². The van der Waals surface area contributed by atoms with Gasteiger partial charge in [0.2, 0.25) is 10.0 Å². The van der Waals surface area contributed by atoms with Crippen molar-refractivity contribution in [3.05, 3.63) is 63.6 Å². The third-order valence-corrected chi connectivity index (χ3v) is 7.07. The molecule has 0 saturated carbocycles. The van der Waals surface area contributed by atoms with Gasteiger partial charge < -0.3 is 4.74 Å². The summed E-state index contributed by atoms with van der Waals surface area (Å²) in [5.41, 5.74) is 0.618. The van der Waals surface area contributed by atoms with Crippen LogP contribution in [0.1, 0.15) is 32.8 Å². The van der Waals surface area contributed by atoms with E-state index >= 15 is 0 Å². The zero-order chi connectivity index (χ0) is 21.6. The summed E-state index contributed by atoms with van der Waals surface area (Å²) in [6.07, 6.45) is 0.332. The van der Waals surface area contributed by atoms with Gasteiger partial charge in [-0.1, -0.05) is 59.6 Å². The summed E-state index contributed by atoms with van der Waals surface area (Å²) in [5, 5.41) is 0.440. The number of carbonyl (C=O) groups is 1. The number of rotatable bonds is 9. The molecule has 0 aliphatic carbocycles. The summed E-state index contributed by atoms with van der Waals surface area (Å²) in [6.45, 7) is 5.71. The quantitative estimate of drug-likeness (QED) is 0.438. The fourth-order valence-corrected chi connectivity index (χ4v) is 4.94. The van der Waals surface area contributed by atoms with E-state index in [-0.39, 0.29) is 24.0 Å². The van der Waals surface area contributed by atoms with Crippen molar-refractivity contribution in [2.45, 2.75) is 44.7 Å². The minimum absolute atomic E-state index is 0.0335. The van der Waals surface area contributed by atoms with Gasteiger partial charge in [-0.2, -0.15) is 4.31 Å². The third kappa shape index (κ3) is 6.28. The number of benzene rings is 2. The molecule has 0 amide bonds. The van der Waals surface area contributed by atoms with Gasteiger partial charge in [-0.15, -0.1) is 0 Å². The lowest BCUT2D eigenvalue weighted by atomic mass is 10.0. The van der Waals surface area contributed by atoms with E-state index in [0.29, 0.717) is 17.0 Å².